The molecular formula is C11H15N3OS. The van der Waals surface area contributed by atoms with Gasteiger partial charge in [-0.2, -0.15) is 5.26 Å². The summed E-state index contributed by atoms with van der Waals surface area (Å²) in [5.41, 5.74) is 0. The molecule has 1 saturated heterocycles. The normalized spacial score (nSPS) is 31.4. The van der Waals surface area contributed by atoms with Gasteiger partial charge in [-0.25, -0.2) is 0 Å². The topological polar surface area (TPSA) is 64.9 Å². The van der Waals surface area contributed by atoms with Gasteiger partial charge >= 0.3 is 0 Å². The van der Waals surface area contributed by atoms with E-state index >= 15 is 0 Å². The Morgan fingerprint density at radius 1 is 1.31 bits per heavy atom. The van der Waals surface area contributed by atoms with Crippen LogP contribution < -0.4 is 10.6 Å². The van der Waals surface area contributed by atoms with Gasteiger partial charge in [-0.15, -0.1) is 0 Å². The average Bonchev–Trinajstić information content (AvgIpc) is 2.29. The van der Waals surface area contributed by atoms with Crippen molar-refractivity contribution in [1.29, 1.82) is 5.26 Å². The molecule has 2 fully saturated rings. The Bertz CT molecular complexity index is 344. The van der Waals surface area contributed by atoms with Gasteiger partial charge in [-0.05, 0) is 31.0 Å². The summed E-state index contributed by atoms with van der Waals surface area (Å²) in [5.74, 6) is -0.445. The quantitative estimate of drug-likeness (QED) is 0.670. The summed E-state index contributed by atoms with van der Waals surface area (Å²) in [6.45, 7) is 0. The molecule has 1 aliphatic carbocycles. The van der Waals surface area contributed by atoms with Gasteiger partial charge in [0.2, 0.25) is 5.91 Å². The molecule has 2 atom stereocenters. The molecule has 1 aliphatic heterocycles. The summed E-state index contributed by atoms with van der Waals surface area (Å²) in [5, 5.41) is 15.0. The fourth-order valence-electron chi connectivity index (χ4n) is 2.65. The van der Waals surface area contributed by atoms with Crippen molar-refractivity contribution in [3.8, 4) is 6.07 Å². The number of hydrogen-bond donors (Lipinski definition) is 2. The second-order valence-electron chi connectivity index (χ2n) is 4.49. The Morgan fingerprint density at radius 3 is 2.62 bits per heavy atom. The molecule has 2 aliphatic rings. The highest BCUT2D eigenvalue weighted by atomic mass is 32.1. The lowest BCUT2D eigenvalue weighted by molar-refractivity contribution is -0.123. The number of rotatable bonds is 1. The fourth-order valence-corrected chi connectivity index (χ4v) is 2.88. The van der Waals surface area contributed by atoms with Crippen LogP contribution in [0.15, 0.2) is 0 Å². The second kappa shape index (κ2) is 4.79. The number of nitrogens with one attached hydrogen (secondary N) is 2. The number of hydrogen-bond acceptors (Lipinski definition) is 3. The predicted molar refractivity (Wildman–Crippen MR) is 63.3 cm³/mol. The number of thiocarbonyl (C=S) groups is 1. The molecule has 2 N–H and O–H groups in total. The van der Waals surface area contributed by atoms with E-state index in [9.17, 15) is 4.79 Å². The van der Waals surface area contributed by atoms with Gasteiger partial charge in [0.1, 0.15) is 5.92 Å². The Labute approximate surface area is 100 Å². The van der Waals surface area contributed by atoms with Crippen molar-refractivity contribution in [2.75, 3.05) is 0 Å². The highest BCUT2D eigenvalue weighted by Gasteiger charge is 2.39. The van der Waals surface area contributed by atoms with E-state index in [2.05, 4.69) is 16.7 Å². The first kappa shape index (κ1) is 11.3. The van der Waals surface area contributed by atoms with Crippen LogP contribution in [0, 0.1) is 23.2 Å². The van der Waals surface area contributed by atoms with Crippen LogP contribution in [0.4, 0.5) is 0 Å². The Balaban J connectivity index is 2.12. The SMILES string of the molecule is N#CC1C(=O)NC(=S)NC1C1CCCCC1. The molecule has 0 aromatic rings. The molecule has 1 saturated carbocycles. The first-order chi connectivity index (χ1) is 7.72. The van der Waals surface area contributed by atoms with Gasteiger partial charge in [0.05, 0.1) is 12.1 Å². The molecule has 16 heavy (non-hydrogen) atoms. The summed E-state index contributed by atoms with van der Waals surface area (Å²) < 4.78 is 0. The van der Waals surface area contributed by atoms with Crippen molar-refractivity contribution < 1.29 is 4.79 Å². The van der Waals surface area contributed by atoms with Crippen molar-refractivity contribution in [1.82, 2.24) is 10.6 Å². The maximum Gasteiger partial charge on any atom is 0.245 e. The second-order valence-corrected chi connectivity index (χ2v) is 4.90. The third-order valence-corrected chi connectivity index (χ3v) is 3.69. The van der Waals surface area contributed by atoms with Gasteiger partial charge in [0.25, 0.3) is 0 Å². The molecule has 1 amide bonds. The highest BCUT2D eigenvalue weighted by Crippen LogP contribution is 2.30. The molecule has 2 unspecified atom stereocenters. The van der Waals surface area contributed by atoms with E-state index in [4.69, 9.17) is 17.5 Å². The van der Waals surface area contributed by atoms with E-state index in [-0.39, 0.29) is 11.9 Å². The van der Waals surface area contributed by atoms with Crippen molar-refractivity contribution in [3.05, 3.63) is 0 Å². The first-order valence-electron chi connectivity index (χ1n) is 5.73. The molecule has 0 spiro atoms. The zero-order valence-electron chi connectivity index (χ0n) is 9.03. The van der Waals surface area contributed by atoms with Crippen molar-refractivity contribution in [2.45, 2.75) is 38.1 Å². The van der Waals surface area contributed by atoms with Crippen molar-refractivity contribution in [2.24, 2.45) is 11.8 Å². The molecule has 5 heteroatoms. The average molecular weight is 237 g/mol. The largest absolute Gasteiger partial charge is 0.358 e. The van der Waals surface area contributed by atoms with E-state index in [1.165, 1.54) is 19.3 Å². The van der Waals surface area contributed by atoms with Crippen LogP contribution in [0.25, 0.3) is 0 Å². The van der Waals surface area contributed by atoms with E-state index in [1.807, 2.05) is 0 Å². The van der Waals surface area contributed by atoms with E-state index in [0.29, 0.717) is 11.0 Å². The Morgan fingerprint density at radius 2 is 2.00 bits per heavy atom. The maximum absolute atomic E-state index is 11.6. The summed E-state index contributed by atoms with van der Waals surface area (Å²) >= 11 is 4.98. The van der Waals surface area contributed by atoms with Crippen molar-refractivity contribution in [3.63, 3.8) is 0 Å². The summed E-state index contributed by atoms with van der Waals surface area (Å²) in [6.07, 6.45) is 5.82. The summed E-state index contributed by atoms with van der Waals surface area (Å²) in [7, 11) is 0. The minimum absolute atomic E-state index is 0.0912. The molecular weight excluding hydrogens is 222 g/mol. The number of carbonyl (C=O) groups excluding carboxylic acids is 1. The molecule has 0 aromatic carbocycles. The zero-order chi connectivity index (χ0) is 11.5. The first-order valence-corrected chi connectivity index (χ1v) is 6.14. The molecule has 0 bridgehead atoms. The molecule has 0 aromatic heterocycles. The van der Waals surface area contributed by atoms with Gasteiger partial charge in [-0.1, -0.05) is 19.3 Å². The maximum atomic E-state index is 11.6. The standard InChI is InChI=1S/C11H15N3OS/c12-6-8-9(7-4-2-1-3-5-7)13-11(16)14-10(8)15/h7-9H,1-5H2,(H2,13,14,15,16). The van der Waals surface area contributed by atoms with Crippen LogP contribution in [0.2, 0.25) is 0 Å². The van der Waals surface area contributed by atoms with Crippen LogP contribution in [-0.4, -0.2) is 17.1 Å². The monoisotopic (exact) mass is 237 g/mol. The Hall–Kier alpha value is -1.15. The number of nitriles is 1. The van der Waals surface area contributed by atoms with E-state index < -0.39 is 5.92 Å². The summed E-state index contributed by atoms with van der Waals surface area (Å²) in [4.78, 5) is 11.6. The number of carbonyl (C=O) groups is 1. The minimum Gasteiger partial charge on any atom is -0.358 e. The zero-order valence-corrected chi connectivity index (χ0v) is 9.85. The van der Waals surface area contributed by atoms with Crippen molar-refractivity contribution >= 4 is 23.2 Å². The van der Waals surface area contributed by atoms with Gasteiger partial charge in [0, 0.05) is 0 Å². The van der Waals surface area contributed by atoms with E-state index in [0.717, 1.165) is 12.8 Å². The van der Waals surface area contributed by atoms with Gasteiger partial charge in [-0.3, -0.25) is 4.79 Å². The Kier molecular flexibility index (Phi) is 3.39. The van der Waals surface area contributed by atoms with Crippen LogP contribution >= 0.6 is 12.2 Å². The lowest BCUT2D eigenvalue weighted by Gasteiger charge is -2.36. The minimum atomic E-state index is -0.602. The van der Waals surface area contributed by atoms with Crippen LogP contribution in [0.1, 0.15) is 32.1 Å². The number of amides is 1. The van der Waals surface area contributed by atoms with Crippen LogP contribution in [-0.2, 0) is 4.79 Å². The fraction of sp³-hybridized carbons (Fsp3) is 0.727. The predicted octanol–water partition coefficient (Wildman–Crippen LogP) is 1.08. The smallest absolute Gasteiger partial charge is 0.245 e. The van der Waals surface area contributed by atoms with E-state index in [1.54, 1.807) is 0 Å². The number of nitrogens with zero attached hydrogens (tertiary/aromatic N) is 1. The third kappa shape index (κ3) is 2.17. The van der Waals surface area contributed by atoms with Gasteiger partial charge in [0.15, 0.2) is 5.11 Å². The van der Waals surface area contributed by atoms with Crippen LogP contribution in [0.3, 0.4) is 0 Å². The molecule has 1 heterocycles. The van der Waals surface area contributed by atoms with Gasteiger partial charge < -0.3 is 10.6 Å². The molecule has 86 valence electrons. The lowest BCUT2D eigenvalue weighted by atomic mass is 9.78. The highest BCUT2D eigenvalue weighted by molar-refractivity contribution is 7.80. The van der Waals surface area contributed by atoms with Crippen LogP contribution in [0.5, 0.6) is 0 Å². The molecule has 2 rings (SSSR count). The molecule has 4 nitrogen and oxygen atoms in total. The lowest BCUT2D eigenvalue weighted by Crippen LogP contribution is -2.60. The summed E-state index contributed by atoms with van der Waals surface area (Å²) in [6, 6.07) is 2.00. The molecule has 0 radical (unpaired) electrons. The third-order valence-electron chi connectivity index (χ3n) is 3.47.